The molecule has 0 aromatic heterocycles. The van der Waals surface area contributed by atoms with Crippen LogP contribution in [0.5, 0.6) is 0 Å². The summed E-state index contributed by atoms with van der Waals surface area (Å²) in [7, 11) is -7.40. The van der Waals surface area contributed by atoms with Gasteiger partial charge >= 0.3 is 0 Å². The molecule has 0 radical (unpaired) electrons. The summed E-state index contributed by atoms with van der Waals surface area (Å²) in [4.78, 5) is -0.0782. The smallest absolute Gasteiger partial charge is 0.240 e. The minimum absolute atomic E-state index is 0.0782. The third kappa shape index (κ3) is 7.06. The first-order valence-electron chi connectivity index (χ1n) is 10.2. The normalized spacial score (nSPS) is 22.0. The van der Waals surface area contributed by atoms with Crippen molar-refractivity contribution < 1.29 is 31.1 Å². The SMILES string of the molecule is O=S(=O)(Cc1ccccc1)NCC[C@@H]1CC[C@@H](NS(=O)(=O)c2ccc(F)cc2)[C@H](CO)O1. The van der Waals surface area contributed by atoms with Gasteiger partial charge in [0.25, 0.3) is 0 Å². The van der Waals surface area contributed by atoms with Gasteiger partial charge in [0, 0.05) is 6.54 Å². The van der Waals surface area contributed by atoms with Crippen molar-refractivity contribution in [1.82, 2.24) is 9.44 Å². The molecule has 0 unspecified atom stereocenters. The van der Waals surface area contributed by atoms with Crippen molar-refractivity contribution in [2.24, 2.45) is 0 Å². The van der Waals surface area contributed by atoms with Gasteiger partial charge in [0.1, 0.15) is 5.82 Å². The van der Waals surface area contributed by atoms with Crippen molar-refractivity contribution in [3.05, 3.63) is 66.0 Å². The molecule has 0 amide bonds. The minimum Gasteiger partial charge on any atom is -0.394 e. The molecule has 1 saturated heterocycles. The van der Waals surface area contributed by atoms with Crippen LogP contribution in [0.15, 0.2) is 59.5 Å². The van der Waals surface area contributed by atoms with E-state index in [4.69, 9.17) is 4.74 Å². The number of aliphatic hydroxyl groups is 1. The van der Waals surface area contributed by atoms with Crippen LogP contribution >= 0.6 is 0 Å². The lowest BCUT2D eigenvalue weighted by atomic mass is 9.98. The highest BCUT2D eigenvalue weighted by Crippen LogP contribution is 2.23. The lowest BCUT2D eigenvalue weighted by molar-refractivity contribution is -0.0869. The quantitative estimate of drug-likeness (QED) is 0.468. The fourth-order valence-electron chi connectivity index (χ4n) is 3.58. The highest BCUT2D eigenvalue weighted by atomic mass is 32.2. The standard InChI is InChI=1S/C21H27FN2O6S2/c22-17-6-9-19(10-7-17)32(28,29)24-20-11-8-18(30-21(20)14-25)12-13-23-31(26,27)15-16-4-2-1-3-5-16/h1-7,9-10,18,20-21,23-25H,8,11-15H2/t18-,20+,21-/m0/s1. The molecule has 3 atom stereocenters. The molecule has 8 nitrogen and oxygen atoms in total. The van der Waals surface area contributed by atoms with Crippen molar-refractivity contribution in [3.8, 4) is 0 Å². The van der Waals surface area contributed by atoms with Crippen LogP contribution in [0.2, 0.25) is 0 Å². The fraction of sp³-hybridized carbons (Fsp3) is 0.429. The number of ether oxygens (including phenoxy) is 1. The van der Waals surface area contributed by atoms with Crippen molar-refractivity contribution >= 4 is 20.0 Å². The summed E-state index contributed by atoms with van der Waals surface area (Å²) in [5, 5.41) is 9.68. The van der Waals surface area contributed by atoms with Crippen LogP contribution < -0.4 is 9.44 Å². The summed E-state index contributed by atoms with van der Waals surface area (Å²) in [6, 6.07) is 12.6. The predicted molar refractivity (Wildman–Crippen MR) is 117 cm³/mol. The summed E-state index contributed by atoms with van der Waals surface area (Å²) in [6.07, 6.45) is 0.200. The van der Waals surface area contributed by atoms with Crippen molar-refractivity contribution in [1.29, 1.82) is 0 Å². The highest BCUT2D eigenvalue weighted by Gasteiger charge is 2.34. The van der Waals surface area contributed by atoms with Crippen molar-refractivity contribution in [2.45, 2.75) is 48.2 Å². The molecule has 1 heterocycles. The Kier molecular flexibility index (Phi) is 8.37. The lowest BCUT2D eigenvalue weighted by Gasteiger charge is -2.36. The van der Waals surface area contributed by atoms with Gasteiger partial charge in [-0.15, -0.1) is 0 Å². The zero-order chi connectivity index (χ0) is 23.2. The topological polar surface area (TPSA) is 122 Å². The van der Waals surface area contributed by atoms with E-state index in [1.165, 1.54) is 12.1 Å². The molecule has 0 saturated carbocycles. The van der Waals surface area contributed by atoms with E-state index in [-0.39, 0.29) is 23.3 Å². The zero-order valence-corrected chi connectivity index (χ0v) is 19.0. The number of nitrogens with one attached hydrogen (secondary N) is 2. The summed E-state index contributed by atoms with van der Waals surface area (Å²) < 4.78 is 73.5. The summed E-state index contributed by atoms with van der Waals surface area (Å²) in [6.45, 7) is -0.225. The molecule has 2 aromatic rings. The van der Waals surface area contributed by atoms with Crippen LogP contribution in [0, 0.1) is 5.82 Å². The Morgan fingerprint density at radius 1 is 1.00 bits per heavy atom. The van der Waals surface area contributed by atoms with Gasteiger partial charge in [0.2, 0.25) is 20.0 Å². The maximum absolute atomic E-state index is 13.1. The Morgan fingerprint density at radius 2 is 1.69 bits per heavy atom. The van der Waals surface area contributed by atoms with E-state index in [1.54, 1.807) is 24.3 Å². The summed E-state index contributed by atoms with van der Waals surface area (Å²) in [5.74, 6) is -0.660. The van der Waals surface area contributed by atoms with E-state index in [9.17, 15) is 26.3 Å². The van der Waals surface area contributed by atoms with E-state index in [1.807, 2.05) is 6.07 Å². The Bertz CT molecular complexity index is 1080. The van der Waals surface area contributed by atoms with E-state index in [0.717, 1.165) is 12.1 Å². The fourth-order valence-corrected chi connectivity index (χ4v) is 6.04. The average molecular weight is 487 g/mol. The molecule has 32 heavy (non-hydrogen) atoms. The summed E-state index contributed by atoms with van der Waals surface area (Å²) in [5.41, 5.74) is 0.686. The third-order valence-electron chi connectivity index (χ3n) is 5.21. The monoisotopic (exact) mass is 486 g/mol. The Balaban J connectivity index is 1.50. The largest absolute Gasteiger partial charge is 0.394 e. The first-order chi connectivity index (χ1) is 15.2. The van der Waals surface area contributed by atoms with Gasteiger partial charge in [0.05, 0.1) is 35.5 Å². The molecular formula is C21H27FN2O6S2. The molecule has 3 rings (SSSR count). The van der Waals surface area contributed by atoms with Crippen LogP contribution in [-0.4, -0.2) is 53.3 Å². The average Bonchev–Trinajstić information content (AvgIpc) is 2.75. The molecular weight excluding hydrogens is 459 g/mol. The Labute approximate surface area is 187 Å². The molecule has 0 bridgehead atoms. The minimum atomic E-state index is -3.90. The maximum atomic E-state index is 13.1. The second-order valence-electron chi connectivity index (χ2n) is 7.67. The van der Waals surface area contributed by atoms with Gasteiger partial charge in [-0.1, -0.05) is 30.3 Å². The Morgan fingerprint density at radius 3 is 2.34 bits per heavy atom. The number of sulfonamides is 2. The molecule has 3 N–H and O–H groups in total. The van der Waals surface area contributed by atoms with Gasteiger partial charge in [-0.3, -0.25) is 0 Å². The number of benzene rings is 2. The first-order valence-corrected chi connectivity index (χ1v) is 13.4. The van der Waals surface area contributed by atoms with Gasteiger partial charge in [-0.25, -0.2) is 30.7 Å². The lowest BCUT2D eigenvalue weighted by Crippen LogP contribution is -2.51. The maximum Gasteiger partial charge on any atom is 0.240 e. The second kappa shape index (κ2) is 10.8. The predicted octanol–water partition coefficient (Wildman–Crippen LogP) is 1.52. The number of hydrogen-bond donors (Lipinski definition) is 3. The van der Waals surface area contributed by atoms with Crippen molar-refractivity contribution in [3.63, 3.8) is 0 Å². The highest BCUT2D eigenvalue weighted by molar-refractivity contribution is 7.89. The van der Waals surface area contributed by atoms with Crippen LogP contribution in [0.1, 0.15) is 24.8 Å². The molecule has 11 heteroatoms. The van der Waals surface area contributed by atoms with E-state index in [2.05, 4.69) is 9.44 Å². The van der Waals surface area contributed by atoms with E-state index < -0.39 is 44.6 Å². The van der Waals surface area contributed by atoms with Gasteiger partial charge < -0.3 is 9.84 Å². The number of hydrogen-bond acceptors (Lipinski definition) is 6. The number of halogens is 1. The second-order valence-corrected chi connectivity index (χ2v) is 11.2. The van der Waals surface area contributed by atoms with Gasteiger partial charge in [0.15, 0.2) is 0 Å². The Hall–Kier alpha value is -1.89. The van der Waals surface area contributed by atoms with Crippen molar-refractivity contribution in [2.75, 3.05) is 13.2 Å². The van der Waals surface area contributed by atoms with Crippen LogP contribution in [0.3, 0.4) is 0 Å². The molecule has 176 valence electrons. The molecule has 0 spiro atoms. The zero-order valence-electron chi connectivity index (χ0n) is 17.4. The van der Waals surface area contributed by atoms with Gasteiger partial charge in [-0.05, 0) is 49.1 Å². The molecule has 1 aliphatic rings. The molecule has 0 aliphatic carbocycles. The van der Waals surface area contributed by atoms with Crippen LogP contribution in [-0.2, 0) is 30.5 Å². The number of aliphatic hydroxyl groups excluding tert-OH is 1. The molecule has 1 aliphatic heterocycles. The molecule has 2 aromatic carbocycles. The van der Waals surface area contributed by atoms with Gasteiger partial charge in [-0.2, -0.15) is 0 Å². The number of rotatable bonds is 10. The molecule has 1 fully saturated rings. The van der Waals surface area contributed by atoms with Crippen LogP contribution in [0.4, 0.5) is 4.39 Å². The van der Waals surface area contributed by atoms with E-state index >= 15 is 0 Å². The summed E-state index contributed by atoms with van der Waals surface area (Å²) >= 11 is 0. The third-order valence-corrected chi connectivity index (χ3v) is 8.08. The van der Waals surface area contributed by atoms with Crippen LogP contribution in [0.25, 0.3) is 0 Å². The first kappa shape index (κ1) is 24.7. The van der Waals surface area contributed by atoms with E-state index in [0.29, 0.717) is 24.8 Å².